The Hall–Kier alpha value is -2.79. The highest BCUT2D eigenvalue weighted by atomic mass is 19.1. The molecule has 2 atom stereocenters. The second-order valence-electron chi connectivity index (χ2n) is 8.62. The van der Waals surface area contributed by atoms with E-state index in [0.29, 0.717) is 19.4 Å². The Morgan fingerprint density at radius 2 is 1.42 bits per heavy atom. The molecular formula is C29H33FN2O. The van der Waals surface area contributed by atoms with Crippen LogP contribution in [0.3, 0.4) is 0 Å². The fraction of sp³-hybridized carbons (Fsp3) is 0.310. The number of ether oxygens (including phenoxy) is 1. The monoisotopic (exact) mass is 444 g/mol. The summed E-state index contributed by atoms with van der Waals surface area (Å²) in [6.07, 6.45) is 1.94. The lowest BCUT2D eigenvalue weighted by molar-refractivity contribution is 0.00394. The fourth-order valence-electron chi connectivity index (χ4n) is 4.77. The summed E-state index contributed by atoms with van der Waals surface area (Å²) >= 11 is 0. The van der Waals surface area contributed by atoms with Gasteiger partial charge in [0.25, 0.3) is 0 Å². The van der Waals surface area contributed by atoms with Crippen LogP contribution in [-0.2, 0) is 10.3 Å². The summed E-state index contributed by atoms with van der Waals surface area (Å²) in [6, 6.07) is 31.9. The van der Waals surface area contributed by atoms with Crippen LogP contribution in [-0.4, -0.2) is 31.8 Å². The average Bonchev–Trinajstić information content (AvgIpc) is 2.87. The van der Waals surface area contributed by atoms with Crippen molar-refractivity contribution < 1.29 is 9.13 Å². The minimum atomic E-state index is -0.539. The van der Waals surface area contributed by atoms with Crippen LogP contribution < -0.4 is 10.6 Å². The number of nitrogens with one attached hydrogen (secondary N) is 2. The maximum absolute atomic E-state index is 13.1. The van der Waals surface area contributed by atoms with Crippen molar-refractivity contribution in [1.82, 2.24) is 10.6 Å². The Morgan fingerprint density at radius 3 is 1.91 bits per heavy atom. The van der Waals surface area contributed by atoms with Gasteiger partial charge in [-0.1, -0.05) is 97.6 Å². The second-order valence-corrected chi connectivity index (χ2v) is 8.62. The third kappa shape index (κ3) is 5.59. The molecule has 172 valence electrons. The van der Waals surface area contributed by atoms with Crippen molar-refractivity contribution in [2.24, 2.45) is 0 Å². The summed E-state index contributed by atoms with van der Waals surface area (Å²) in [6.45, 7) is 5.60. The summed E-state index contributed by atoms with van der Waals surface area (Å²) in [4.78, 5) is 0. The lowest BCUT2D eigenvalue weighted by atomic mass is 9.76. The van der Waals surface area contributed by atoms with Crippen molar-refractivity contribution in [2.75, 3.05) is 19.7 Å². The molecule has 3 aromatic rings. The first kappa shape index (κ1) is 23.4. The Labute approximate surface area is 196 Å². The van der Waals surface area contributed by atoms with E-state index in [1.807, 2.05) is 0 Å². The molecule has 0 aliphatic carbocycles. The van der Waals surface area contributed by atoms with Gasteiger partial charge in [0.2, 0.25) is 0 Å². The fourth-order valence-corrected chi connectivity index (χ4v) is 4.77. The normalized spacial score (nSPS) is 18.7. The number of rotatable bonds is 10. The van der Waals surface area contributed by atoms with Crippen LogP contribution >= 0.6 is 0 Å². The highest BCUT2D eigenvalue weighted by molar-refractivity contribution is 5.49. The molecular weight excluding hydrogens is 411 g/mol. The molecule has 33 heavy (non-hydrogen) atoms. The molecule has 1 saturated heterocycles. The van der Waals surface area contributed by atoms with Gasteiger partial charge in [-0.25, -0.2) is 4.39 Å². The van der Waals surface area contributed by atoms with E-state index in [1.54, 1.807) is 0 Å². The Balaban J connectivity index is 1.72. The molecule has 4 heteroatoms. The summed E-state index contributed by atoms with van der Waals surface area (Å²) in [5, 5.41) is 7.57. The summed E-state index contributed by atoms with van der Waals surface area (Å²) in [5.74, 6) is -0.283. The standard InChI is InChI=1S/C29H33FN2O/c1-23(30)12-11-21-33-28-19-20-31-22-27(28)32-29(24-13-5-2-6-14-24,25-15-7-3-8-16-25)26-17-9-4-10-18-26/h2-10,13-18,27-28,31-32H,1,11-12,19-22H2/t27-,28+/m0/s1. The van der Waals surface area contributed by atoms with Crippen molar-refractivity contribution in [2.45, 2.75) is 36.9 Å². The molecule has 0 unspecified atom stereocenters. The molecule has 1 fully saturated rings. The van der Waals surface area contributed by atoms with Crippen LogP contribution in [0.2, 0.25) is 0 Å². The van der Waals surface area contributed by atoms with E-state index >= 15 is 0 Å². The number of halogens is 1. The van der Waals surface area contributed by atoms with Gasteiger partial charge in [0, 0.05) is 25.6 Å². The molecule has 4 rings (SSSR count). The van der Waals surface area contributed by atoms with Crippen LogP contribution in [0.15, 0.2) is 103 Å². The highest BCUT2D eigenvalue weighted by Crippen LogP contribution is 2.37. The van der Waals surface area contributed by atoms with E-state index in [9.17, 15) is 4.39 Å². The molecule has 1 heterocycles. The van der Waals surface area contributed by atoms with Crippen molar-refractivity contribution in [3.05, 3.63) is 120 Å². The maximum atomic E-state index is 13.1. The maximum Gasteiger partial charge on any atom is 0.0951 e. The zero-order valence-corrected chi connectivity index (χ0v) is 19.1. The molecule has 1 aliphatic rings. The molecule has 3 aromatic carbocycles. The third-order valence-electron chi connectivity index (χ3n) is 6.37. The van der Waals surface area contributed by atoms with E-state index in [-0.39, 0.29) is 18.0 Å². The van der Waals surface area contributed by atoms with Gasteiger partial charge in [0.1, 0.15) is 0 Å². The Bertz CT molecular complexity index is 897. The topological polar surface area (TPSA) is 33.3 Å². The van der Waals surface area contributed by atoms with Crippen LogP contribution in [0.5, 0.6) is 0 Å². The predicted octanol–water partition coefficient (Wildman–Crippen LogP) is 5.58. The van der Waals surface area contributed by atoms with Crippen LogP contribution in [0, 0.1) is 0 Å². The van der Waals surface area contributed by atoms with Gasteiger partial charge in [0.15, 0.2) is 0 Å². The molecule has 0 saturated carbocycles. The highest BCUT2D eigenvalue weighted by Gasteiger charge is 2.40. The van der Waals surface area contributed by atoms with Gasteiger partial charge in [0.05, 0.1) is 17.5 Å². The van der Waals surface area contributed by atoms with Gasteiger partial charge < -0.3 is 10.1 Å². The first-order chi connectivity index (χ1) is 16.2. The summed E-state index contributed by atoms with van der Waals surface area (Å²) in [7, 11) is 0. The van der Waals surface area contributed by atoms with Gasteiger partial charge in [-0.3, -0.25) is 5.32 Å². The number of piperidine rings is 1. The van der Waals surface area contributed by atoms with Gasteiger partial charge in [-0.15, -0.1) is 0 Å². The van der Waals surface area contributed by atoms with Crippen molar-refractivity contribution in [3.8, 4) is 0 Å². The minimum absolute atomic E-state index is 0.0367. The molecule has 0 aromatic heterocycles. The predicted molar refractivity (Wildman–Crippen MR) is 133 cm³/mol. The molecule has 2 N–H and O–H groups in total. The third-order valence-corrected chi connectivity index (χ3v) is 6.37. The molecule has 3 nitrogen and oxygen atoms in total. The van der Waals surface area contributed by atoms with Crippen LogP contribution in [0.1, 0.15) is 36.0 Å². The molecule has 0 radical (unpaired) electrons. The van der Waals surface area contributed by atoms with E-state index in [1.165, 1.54) is 16.7 Å². The van der Waals surface area contributed by atoms with E-state index in [2.05, 4.69) is 108 Å². The van der Waals surface area contributed by atoms with E-state index in [4.69, 9.17) is 4.74 Å². The first-order valence-corrected chi connectivity index (χ1v) is 11.8. The van der Waals surface area contributed by atoms with Gasteiger partial charge in [-0.2, -0.15) is 0 Å². The van der Waals surface area contributed by atoms with Crippen LogP contribution in [0.4, 0.5) is 4.39 Å². The smallest absolute Gasteiger partial charge is 0.0951 e. The summed E-state index contributed by atoms with van der Waals surface area (Å²) < 4.78 is 19.3. The molecule has 0 amide bonds. The SMILES string of the molecule is C=C(F)CCCO[C@@H]1CCNC[C@@H]1NC(c1ccccc1)(c1ccccc1)c1ccccc1. The van der Waals surface area contributed by atoms with E-state index < -0.39 is 5.54 Å². The average molecular weight is 445 g/mol. The lowest BCUT2D eigenvalue weighted by Gasteiger charge is -2.43. The number of allylic oxidation sites excluding steroid dienone is 1. The lowest BCUT2D eigenvalue weighted by Crippen LogP contribution is -2.60. The Morgan fingerprint density at radius 1 is 0.909 bits per heavy atom. The zero-order chi connectivity index (χ0) is 22.9. The quantitative estimate of drug-likeness (QED) is 0.316. The Kier molecular flexibility index (Phi) is 8.05. The largest absolute Gasteiger partial charge is 0.376 e. The minimum Gasteiger partial charge on any atom is -0.376 e. The van der Waals surface area contributed by atoms with Crippen LogP contribution in [0.25, 0.3) is 0 Å². The van der Waals surface area contributed by atoms with Crippen molar-refractivity contribution in [1.29, 1.82) is 0 Å². The molecule has 0 spiro atoms. The van der Waals surface area contributed by atoms with Gasteiger partial charge >= 0.3 is 0 Å². The molecule has 1 aliphatic heterocycles. The first-order valence-electron chi connectivity index (χ1n) is 11.8. The second kappa shape index (κ2) is 11.4. The number of benzene rings is 3. The number of hydrogen-bond donors (Lipinski definition) is 2. The van der Waals surface area contributed by atoms with Crippen molar-refractivity contribution >= 4 is 0 Å². The number of hydrogen-bond acceptors (Lipinski definition) is 3. The van der Waals surface area contributed by atoms with E-state index in [0.717, 1.165) is 19.5 Å². The van der Waals surface area contributed by atoms with Gasteiger partial charge in [-0.05, 0) is 36.1 Å². The van der Waals surface area contributed by atoms with Crippen molar-refractivity contribution in [3.63, 3.8) is 0 Å². The molecule has 0 bridgehead atoms. The zero-order valence-electron chi connectivity index (χ0n) is 19.1. The summed E-state index contributed by atoms with van der Waals surface area (Å²) in [5.41, 5.74) is 3.00.